The van der Waals surface area contributed by atoms with Gasteiger partial charge >= 0.3 is 0 Å². The molecule has 1 saturated heterocycles. The zero-order valence-corrected chi connectivity index (χ0v) is 13.9. The van der Waals surface area contributed by atoms with Gasteiger partial charge < -0.3 is 19.7 Å². The van der Waals surface area contributed by atoms with Crippen molar-refractivity contribution in [1.82, 2.24) is 10.2 Å². The molecule has 3 aliphatic heterocycles. The quantitative estimate of drug-likeness (QED) is 0.931. The number of nitrogens with one attached hydrogen (secondary N) is 1. The number of nitrogens with zero attached hydrogens (tertiary/aromatic N) is 1. The topological polar surface area (TPSA) is 50.8 Å². The van der Waals surface area contributed by atoms with Crippen LogP contribution < -0.4 is 14.8 Å². The summed E-state index contributed by atoms with van der Waals surface area (Å²) in [4.78, 5) is 14.9. The van der Waals surface area contributed by atoms with Gasteiger partial charge in [-0.2, -0.15) is 0 Å². The fourth-order valence-corrected chi connectivity index (χ4v) is 4.03. The van der Waals surface area contributed by atoms with Crippen LogP contribution in [-0.4, -0.2) is 37.2 Å². The van der Waals surface area contributed by atoms with Crippen LogP contribution in [0, 0.1) is 5.92 Å². The van der Waals surface area contributed by atoms with E-state index in [0.29, 0.717) is 5.75 Å². The van der Waals surface area contributed by atoms with Crippen molar-refractivity contribution in [3.8, 4) is 11.5 Å². The predicted octanol–water partition coefficient (Wildman–Crippen LogP) is 2.50. The van der Waals surface area contributed by atoms with Crippen molar-refractivity contribution in [3.63, 3.8) is 0 Å². The van der Waals surface area contributed by atoms with Crippen LogP contribution in [0.25, 0.3) is 0 Å². The zero-order valence-electron chi connectivity index (χ0n) is 13.9. The van der Waals surface area contributed by atoms with Crippen LogP contribution in [0.2, 0.25) is 0 Å². The Bertz CT molecular complexity index is 635. The molecule has 3 heterocycles. The summed E-state index contributed by atoms with van der Waals surface area (Å²) >= 11 is 0. The smallest absolute Gasteiger partial charge is 0.255 e. The Hall–Kier alpha value is -1.75. The number of amides is 1. The second kappa shape index (κ2) is 5.41. The van der Waals surface area contributed by atoms with Crippen LogP contribution in [0.15, 0.2) is 12.1 Å². The van der Waals surface area contributed by atoms with Crippen molar-refractivity contribution in [2.24, 2.45) is 5.92 Å². The van der Waals surface area contributed by atoms with Crippen LogP contribution in [0.5, 0.6) is 11.5 Å². The summed E-state index contributed by atoms with van der Waals surface area (Å²) < 4.78 is 10.9. The molecule has 1 aromatic rings. The molecule has 0 aliphatic carbocycles. The lowest BCUT2D eigenvalue weighted by molar-refractivity contribution is 0.0595. The summed E-state index contributed by atoms with van der Waals surface area (Å²) in [5, 5.41) is 3.40. The first-order chi connectivity index (χ1) is 11.1. The second-order valence-electron chi connectivity index (χ2n) is 7.25. The largest absolute Gasteiger partial charge is 0.454 e. The molecule has 0 saturated carbocycles. The van der Waals surface area contributed by atoms with Gasteiger partial charge in [0.25, 0.3) is 5.91 Å². The van der Waals surface area contributed by atoms with Gasteiger partial charge in [-0.1, -0.05) is 0 Å². The van der Waals surface area contributed by atoms with Gasteiger partial charge in [-0.15, -0.1) is 0 Å². The van der Waals surface area contributed by atoms with Gasteiger partial charge in [0.1, 0.15) is 0 Å². The number of hydrogen-bond acceptors (Lipinski definition) is 4. The van der Waals surface area contributed by atoms with Crippen molar-refractivity contribution in [1.29, 1.82) is 0 Å². The lowest BCUT2D eigenvalue weighted by Crippen LogP contribution is -2.41. The highest BCUT2D eigenvalue weighted by molar-refractivity contribution is 6.00. The van der Waals surface area contributed by atoms with Crippen LogP contribution in [0.4, 0.5) is 0 Å². The summed E-state index contributed by atoms with van der Waals surface area (Å²) in [6.07, 6.45) is 3.51. The van der Waals surface area contributed by atoms with E-state index in [0.717, 1.165) is 48.8 Å². The number of rotatable bonds is 3. The summed E-state index contributed by atoms with van der Waals surface area (Å²) in [6.45, 7) is 7.51. The van der Waals surface area contributed by atoms with Gasteiger partial charge in [-0.25, -0.2) is 0 Å². The Morgan fingerprint density at radius 1 is 1.22 bits per heavy atom. The van der Waals surface area contributed by atoms with Crippen molar-refractivity contribution < 1.29 is 14.3 Å². The monoisotopic (exact) mass is 316 g/mol. The summed E-state index contributed by atoms with van der Waals surface area (Å²) in [5.74, 6) is 2.29. The number of carbonyl (C=O) groups excluding carboxylic acids is 1. The first kappa shape index (κ1) is 14.8. The van der Waals surface area contributed by atoms with E-state index in [1.54, 1.807) is 0 Å². The van der Waals surface area contributed by atoms with Crippen LogP contribution in [0.1, 0.15) is 49.0 Å². The Morgan fingerprint density at radius 3 is 2.65 bits per heavy atom. The number of ether oxygens (including phenoxy) is 2. The molecule has 0 atom stereocenters. The molecule has 0 unspecified atom stereocenters. The molecule has 23 heavy (non-hydrogen) atoms. The van der Waals surface area contributed by atoms with E-state index >= 15 is 0 Å². The van der Waals surface area contributed by atoms with Crippen molar-refractivity contribution in [3.05, 3.63) is 23.3 Å². The second-order valence-corrected chi connectivity index (χ2v) is 7.25. The standard InChI is InChI=1S/C18H24N2O3/c1-18(2)14-10-16-15(22-11-23-16)9-13(14)17(21)20(18)8-5-12-3-6-19-7-4-12/h9-10,12,19H,3-8,11H2,1-2H3. The Kier molecular flexibility index (Phi) is 3.48. The normalized spacial score (nSPS) is 22.5. The molecule has 0 spiro atoms. The van der Waals surface area contributed by atoms with Gasteiger partial charge in [0.2, 0.25) is 6.79 Å². The molecule has 0 bridgehead atoms. The molecule has 5 nitrogen and oxygen atoms in total. The maximum Gasteiger partial charge on any atom is 0.255 e. The van der Waals surface area contributed by atoms with Crippen LogP contribution in [0.3, 0.4) is 0 Å². The van der Waals surface area contributed by atoms with Crippen molar-refractivity contribution in [2.45, 2.75) is 38.6 Å². The fourth-order valence-electron chi connectivity index (χ4n) is 4.03. The fraction of sp³-hybridized carbons (Fsp3) is 0.611. The lowest BCUT2D eigenvalue weighted by Gasteiger charge is -2.34. The Morgan fingerprint density at radius 2 is 1.91 bits per heavy atom. The molecule has 1 amide bonds. The Labute approximate surface area is 136 Å². The number of piperidine rings is 1. The first-order valence-corrected chi connectivity index (χ1v) is 8.54. The third-order valence-electron chi connectivity index (χ3n) is 5.54. The molecule has 124 valence electrons. The third kappa shape index (κ3) is 2.38. The first-order valence-electron chi connectivity index (χ1n) is 8.54. The number of fused-ring (bicyclic) bond motifs is 2. The van der Waals surface area contributed by atoms with E-state index in [1.165, 1.54) is 12.8 Å². The van der Waals surface area contributed by atoms with Gasteiger partial charge in [-0.3, -0.25) is 4.79 Å². The van der Waals surface area contributed by atoms with E-state index < -0.39 is 0 Å². The van der Waals surface area contributed by atoms with Gasteiger partial charge in [0.05, 0.1) is 5.54 Å². The average Bonchev–Trinajstić information content (AvgIpc) is 3.07. The van der Waals surface area contributed by atoms with E-state index in [4.69, 9.17) is 9.47 Å². The highest BCUT2D eigenvalue weighted by Crippen LogP contribution is 2.45. The number of hydrogen-bond donors (Lipinski definition) is 1. The van der Waals surface area contributed by atoms with E-state index in [2.05, 4.69) is 19.2 Å². The van der Waals surface area contributed by atoms with Gasteiger partial charge in [0.15, 0.2) is 11.5 Å². The van der Waals surface area contributed by atoms with E-state index in [1.807, 2.05) is 17.0 Å². The van der Waals surface area contributed by atoms with E-state index in [-0.39, 0.29) is 18.2 Å². The Balaban J connectivity index is 1.56. The maximum atomic E-state index is 12.9. The van der Waals surface area contributed by atoms with E-state index in [9.17, 15) is 4.79 Å². The van der Waals surface area contributed by atoms with Gasteiger partial charge in [0, 0.05) is 12.1 Å². The molecular formula is C18H24N2O3. The molecule has 5 heteroatoms. The van der Waals surface area contributed by atoms with Crippen molar-refractivity contribution >= 4 is 5.91 Å². The number of benzene rings is 1. The van der Waals surface area contributed by atoms with Crippen molar-refractivity contribution in [2.75, 3.05) is 26.4 Å². The highest BCUT2D eigenvalue weighted by Gasteiger charge is 2.44. The van der Waals surface area contributed by atoms with Gasteiger partial charge in [-0.05, 0) is 69.8 Å². The molecule has 4 rings (SSSR count). The average molecular weight is 316 g/mol. The maximum absolute atomic E-state index is 12.9. The molecule has 1 fully saturated rings. The SMILES string of the molecule is CC1(C)c2cc3c(cc2C(=O)N1CCC1CCNCC1)OCO3. The van der Waals surface area contributed by atoms with Crippen LogP contribution >= 0.6 is 0 Å². The molecule has 1 N–H and O–H groups in total. The third-order valence-corrected chi connectivity index (χ3v) is 5.54. The molecular weight excluding hydrogens is 292 g/mol. The minimum absolute atomic E-state index is 0.122. The summed E-state index contributed by atoms with van der Waals surface area (Å²) in [7, 11) is 0. The highest BCUT2D eigenvalue weighted by atomic mass is 16.7. The zero-order chi connectivity index (χ0) is 16.0. The molecule has 0 radical (unpaired) electrons. The summed E-state index contributed by atoms with van der Waals surface area (Å²) in [5.41, 5.74) is 1.53. The number of carbonyl (C=O) groups is 1. The summed E-state index contributed by atoms with van der Waals surface area (Å²) in [6, 6.07) is 3.84. The lowest BCUT2D eigenvalue weighted by atomic mass is 9.91. The molecule has 3 aliphatic rings. The minimum atomic E-state index is -0.291. The minimum Gasteiger partial charge on any atom is -0.454 e. The molecule has 1 aromatic carbocycles. The predicted molar refractivity (Wildman–Crippen MR) is 86.8 cm³/mol. The molecule has 0 aromatic heterocycles. The van der Waals surface area contributed by atoms with Crippen LogP contribution in [-0.2, 0) is 5.54 Å².